The molecule has 1 aliphatic heterocycles. The van der Waals surface area contributed by atoms with Crippen LogP contribution in [-0.4, -0.2) is 83.1 Å². The fourth-order valence-electron chi connectivity index (χ4n) is 4.25. The van der Waals surface area contributed by atoms with E-state index >= 15 is 0 Å². The van der Waals surface area contributed by atoms with Crippen molar-refractivity contribution < 1.29 is 29.1 Å². The number of hydrogen-bond acceptors (Lipinski definition) is 7. The summed E-state index contributed by atoms with van der Waals surface area (Å²) in [6.45, 7) is 0.575. The number of amides is 5. The molecule has 5 amide bonds. The summed E-state index contributed by atoms with van der Waals surface area (Å²) in [6.07, 6.45) is 2.84. The maximum atomic E-state index is 13.4. The predicted octanol–water partition coefficient (Wildman–Crippen LogP) is -1.03. The van der Waals surface area contributed by atoms with Crippen molar-refractivity contribution in [2.75, 3.05) is 13.1 Å². The summed E-state index contributed by atoms with van der Waals surface area (Å²) in [7, 11) is 0. The maximum Gasteiger partial charge on any atom is 0.332 e. The number of carbonyl (C=O) groups excluding carboxylic acids is 4. The number of carboxylic acids is 1. The van der Waals surface area contributed by atoms with Gasteiger partial charge in [0.2, 0.25) is 17.7 Å². The molecule has 0 radical (unpaired) electrons. The molecule has 1 heterocycles. The highest BCUT2D eigenvalue weighted by atomic mass is 16.4. The van der Waals surface area contributed by atoms with Crippen molar-refractivity contribution in [2.45, 2.75) is 63.1 Å². The van der Waals surface area contributed by atoms with Crippen LogP contribution in [-0.2, 0) is 25.6 Å². The van der Waals surface area contributed by atoms with E-state index in [0.717, 1.165) is 5.56 Å². The molecule has 0 aliphatic carbocycles. The third-order valence-corrected chi connectivity index (χ3v) is 6.10. The summed E-state index contributed by atoms with van der Waals surface area (Å²) >= 11 is 0. The zero-order valence-electron chi connectivity index (χ0n) is 22.1. The van der Waals surface area contributed by atoms with E-state index < -0.39 is 54.3 Å². The molecule has 0 aromatic heterocycles. The van der Waals surface area contributed by atoms with Gasteiger partial charge < -0.3 is 37.4 Å². The summed E-state index contributed by atoms with van der Waals surface area (Å²) in [5.74, 6) is -3.09. The van der Waals surface area contributed by atoms with Gasteiger partial charge in [0.25, 0.3) is 0 Å². The zero-order valence-corrected chi connectivity index (χ0v) is 22.1. The SMILES string of the molecule is N=C(N)NCCC[C@@H](C=NNC(N)=O)NC(=O)[C@@H]1CCCN1C(=O)[C@H](CC(=O)O)NC(=O)CCc1ccccc1. The van der Waals surface area contributed by atoms with Crippen LogP contribution in [0.15, 0.2) is 35.4 Å². The molecule has 10 N–H and O–H groups in total. The van der Waals surface area contributed by atoms with Gasteiger partial charge in [0.15, 0.2) is 5.96 Å². The zero-order chi connectivity index (χ0) is 29.5. The van der Waals surface area contributed by atoms with Crippen molar-refractivity contribution in [3.8, 4) is 0 Å². The molecule has 3 atom stereocenters. The quantitative estimate of drug-likeness (QED) is 0.0570. The third kappa shape index (κ3) is 11.4. The number of primary amides is 1. The number of hydrazone groups is 1. The highest BCUT2D eigenvalue weighted by Gasteiger charge is 2.38. The van der Waals surface area contributed by atoms with Crippen LogP contribution in [0.4, 0.5) is 4.79 Å². The Morgan fingerprint density at radius 3 is 2.52 bits per heavy atom. The number of urea groups is 1. The van der Waals surface area contributed by atoms with Crippen LogP contribution in [0.2, 0.25) is 0 Å². The predicted molar refractivity (Wildman–Crippen MR) is 146 cm³/mol. The van der Waals surface area contributed by atoms with Crippen molar-refractivity contribution in [1.29, 1.82) is 5.41 Å². The van der Waals surface area contributed by atoms with Crippen molar-refractivity contribution in [1.82, 2.24) is 26.3 Å². The molecule has 1 aliphatic rings. The van der Waals surface area contributed by atoms with Gasteiger partial charge in [0.1, 0.15) is 12.1 Å². The number of nitrogens with one attached hydrogen (secondary N) is 5. The number of carbonyl (C=O) groups is 5. The molecule has 1 saturated heterocycles. The Kier molecular flexibility index (Phi) is 12.9. The van der Waals surface area contributed by atoms with Crippen LogP contribution in [0.1, 0.15) is 44.1 Å². The first kappa shape index (κ1) is 31.5. The van der Waals surface area contributed by atoms with Crippen LogP contribution in [0.5, 0.6) is 0 Å². The highest BCUT2D eigenvalue weighted by Crippen LogP contribution is 2.20. The molecular formula is C25H37N9O6. The number of carboxylic acid groups (broad SMARTS) is 1. The van der Waals surface area contributed by atoms with E-state index in [4.69, 9.17) is 16.9 Å². The van der Waals surface area contributed by atoms with Crippen molar-refractivity contribution in [3.05, 3.63) is 35.9 Å². The minimum atomic E-state index is -1.33. The second-order valence-corrected chi connectivity index (χ2v) is 9.25. The molecule has 2 rings (SSSR count). The summed E-state index contributed by atoms with van der Waals surface area (Å²) < 4.78 is 0. The lowest BCUT2D eigenvalue weighted by atomic mass is 10.1. The van der Waals surface area contributed by atoms with Crippen LogP contribution in [0.3, 0.4) is 0 Å². The normalized spacial score (nSPS) is 16.1. The minimum Gasteiger partial charge on any atom is -0.481 e. The Labute approximate surface area is 231 Å². The molecular weight excluding hydrogens is 522 g/mol. The number of hydrogen-bond donors (Lipinski definition) is 8. The lowest BCUT2D eigenvalue weighted by molar-refractivity contribution is -0.145. The van der Waals surface area contributed by atoms with E-state index in [1.54, 1.807) is 0 Å². The van der Waals surface area contributed by atoms with Gasteiger partial charge in [-0.3, -0.25) is 24.6 Å². The second-order valence-electron chi connectivity index (χ2n) is 9.25. The first-order valence-electron chi connectivity index (χ1n) is 12.9. The topological polar surface area (TPSA) is 245 Å². The number of nitrogens with two attached hydrogens (primary N) is 2. The largest absolute Gasteiger partial charge is 0.481 e. The number of rotatable bonds is 15. The Bertz CT molecular complexity index is 1080. The van der Waals surface area contributed by atoms with Crippen molar-refractivity contribution >= 4 is 41.9 Å². The Hall–Kier alpha value is -4.69. The van der Waals surface area contributed by atoms with E-state index in [0.29, 0.717) is 38.6 Å². The van der Waals surface area contributed by atoms with Crippen LogP contribution >= 0.6 is 0 Å². The number of guanidine groups is 1. The Balaban J connectivity index is 2.05. The second kappa shape index (κ2) is 16.3. The maximum absolute atomic E-state index is 13.4. The van der Waals surface area contributed by atoms with Gasteiger partial charge in [0, 0.05) is 25.7 Å². The van der Waals surface area contributed by atoms with E-state index in [-0.39, 0.29) is 18.9 Å². The molecule has 1 aromatic rings. The van der Waals surface area contributed by atoms with Gasteiger partial charge in [-0.15, -0.1) is 0 Å². The molecule has 0 saturated carbocycles. The van der Waals surface area contributed by atoms with Crippen LogP contribution < -0.4 is 32.8 Å². The standard InChI is InChI=1S/C25H37N9O6/c26-24(27)29-12-4-8-17(15-30-33-25(28)40)31-22(38)19-9-5-13-34(19)23(39)18(14-21(36)37)32-20(35)11-10-16-6-2-1-3-7-16/h1-3,6-7,15,17-19H,4-5,8-14H2,(H,31,38)(H,32,35)(H,36,37)(H4,26,27,29)(H3,28,33,40)/t17-,18-,19-/m0/s1. The van der Waals surface area contributed by atoms with Gasteiger partial charge in [-0.25, -0.2) is 10.2 Å². The van der Waals surface area contributed by atoms with E-state index in [2.05, 4.69) is 26.5 Å². The third-order valence-electron chi connectivity index (χ3n) is 6.10. The lowest BCUT2D eigenvalue weighted by Gasteiger charge is -2.29. The molecule has 0 bridgehead atoms. The average molecular weight is 560 g/mol. The summed E-state index contributed by atoms with van der Waals surface area (Å²) in [4.78, 5) is 62.8. The summed E-state index contributed by atoms with van der Waals surface area (Å²) in [5.41, 5.74) is 13.3. The number of benzene rings is 1. The minimum absolute atomic E-state index is 0.0656. The molecule has 40 heavy (non-hydrogen) atoms. The first-order chi connectivity index (χ1) is 19.1. The molecule has 0 unspecified atom stereocenters. The fourth-order valence-corrected chi connectivity index (χ4v) is 4.25. The smallest absolute Gasteiger partial charge is 0.332 e. The molecule has 1 fully saturated rings. The van der Waals surface area contributed by atoms with Gasteiger partial charge >= 0.3 is 12.0 Å². The van der Waals surface area contributed by atoms with E-state index in [9.17, 15) is 29.1 Å². The number of likely N-dealkylation sites (tertiary alicyclic amines) is 1. The molecule has 1 aromatic carbocycles. The molecule has 218 valence electrons. The first-order valence-corrected chi connectivity index (χ1v) is 12.9. The molecule has 15 heteroatoms. The van der Waals surface area contributed by atoms with Crippen LogP contribution in [0.25, 0.3) is 0 Å². The van der Waals surface area contributed by atoms with Crippen molar-refractivity contribution in [2.24, 2.45) is 16.6 Å². The summed E-state index contributed by atoms with van der Waals surface area (Å²) in [5, 5.41) is 28.2. The average Bonchev–Trinajstić information content (AvgIpc) is 3.39. The highest BCUT2D eigenvalue weighted by molar-refractivity contribution is 5.95. The van der Waals surface area contributed by atoms with E-state index in [1.165, 1.54) is 11.1 Å². The molecule has 0 spiro atoms. The number of nitrogens with zero attached hydrogens (tertiary/aromatic N) is 2. The van der Waals surface area contributed by atoms with E-state index in [1.807, 2.05) is 30.3 Å². The van der Waals surface area contributed by atoms with Gasteiger partial charge in [-0.2, -0.15) is 5.10 Å². The van der Waals surface area contributed by atoms with Gasteiger partial charge in [-0.1, -0.05) is 30.3 Å². The number of aryl methyl sites for hydroxylation is 1. The summed E-state index contributed by atoms with van der Waals surface area (Å²) in [6, 6.07) is 5.51. The Morgan fingerprint density at radius 2 is 1.88 bits per heavy atom. The van der Waals surface area contributed by atoms with Gasteiger partial charge in [-0.05, 0) is 37.7 Å². The molecule has 15 nitrogen and oxygen atoms in total. The van der Waals surface area contributed by atoms with Crippen molar-refractivity contribution in [3.63, 3.8) is 0 Å². The monoisotopic (exact) mass is 559 g/mol. The number of aliphatic carboxylic acids is 1. The Morgan fingerprint density at radius 1 is 1.15 bits per heavy atom. The fraction of sp³-hybridized carbons (Fsp3) is 0.480. The lowest BCUT2D eigenvalue weighted by Crippen LogP contribution is -2.55. The van der Waals surface area contributed by atoms with Gasteiger partial charge in [0.05, 0.1) is 12.5 Å². The van der Waals surface area contributed by atoms with Crippen LogP contribution in [0, 0.1) is 5.41 Å².